The Morgan fingerprint density at radius 3 is 2.23 bits per heavy atom. The van der Waals surface area contributed by atoms with E-state index in [1.807, 2.05) is 13.8 Å². The van der Waals surface area contributed by atoms with E-state index in [9.17, 15) is 0 Å². The van der Waals surface area contributed by atoms with Crippen LogP contribution >= 0.6 is 11.3 Å². The zero-order valence-electron chi connectivity index (χ0n) is 8.37. The van der Waals surface area contributed by atoms with Crippen LogP contribution in [0.4, 0.5) is 0 Å². The average Bonchev–Trinajstić information content (AvgIpc) is 2.51. The van der Waals surface area contributed by atoms with E-state index < -0.39 is 0 Å². The van der Waals surface area contributed by atoms with Crippen LogP contribution in [0.1, 0.15) is 29.9 Å². The van der Waals surface area contributed by atoms with Crippen LogP contribution in [0.2, 0.25) is 0 Å². The van der Waals surface area contributed by atoms with Gasteiger partial charge in [-0.15, -0.1) is 11.3 Å². The molecule has 0 aliphatic heterocycles. The van der Waals surface area contributed by atoms with Crippen LogP contribution in [0.25, 0.3) is 0 Å². The van der Waals surface area contributed by atoms with E-state index in [-0.39, 0.29) is 6.29 Å². The second kappa shape index (κ2) is 5.37. The highest BCUT2D eigenvalue weighted by molar-refractivity contribution is 7.11. The number of hydrogen-bond acceptors (Lipinski definition) is 3. The molecule has 0 atom stereocenters. The third-order valence-corrected chi connectivity index (χ3v) is 2.65. The molecule has 0 aromatic carbocycles. The molecular formula is C10H16O2S. The molecule has 0 bridgehead atoms. The summed E-state index contributed by atoms with van der Waals surface area (Å²) in [6.45, 7) is 7.41. The zero-order valence-corrected chi connectivity index (χ0v) is 9.19. The maximum absolute atomic E-state index is 5.47. The number of ether oxygens (including phenoxy) is 2. The van der Waals surface area contributed by atoms with Crippen molar-refractivity contribution in [2.75, 3.05) is 13.2 Å². The lowest BCUT2D eigenvalue weighted by Crippen LogP contribution is -2.06. The van der Waals surface area contributed by atoms with Gasteiger partial charge in [-0.2, -0.15) is 0 Å². The molecule has 3 heteroatoms. The highest BCUT2D eigenvalue weighted by atomic mass is 32.1. The summed E-state index contributed by atoms with van der Waals surface area (Å²) in [6.07, 6.45) is -0.173. The van der Waals surface area contributed by atoms with Gasteiger partial charge in [0.2, 0.25) is 0 Å². The average molecular weight is 200 g/mol. The Labute approximate surface area is 83.5 Å². The van der Waals surface area contributed by atoms with E-state index in [1.54, 1.807) is 11.3 Å². The molecule has 0 amide bonds. The lowest BCUT2D eigenvalue weighted by atomic mass is 10.4. The maximum atomic E-state index is 5.47. The molecule has 1 heterocycles. The highest BCUT2D eigenvalue weighted by Gasteiger charge is 2.12. The van der Waals surface area contributed by atoms with Gasteiger partial charge in [-0.25, -0.2) is 0 Å². The molecule has 0 radical (unpaired) electrons. The summed E-state index contributed by atoms with van der Waals surface area (Å²) in [5.74, 6) is 0. The van der Waals surface area contributed by atoms with E-state index in [4.69, 9.17) is 9.47 Å². The van der Waals surface area contributed by atoms with Crippen molar-refractivity contribution in [2.24, 2.45) is 0 Å². The first-order valence-corrected chi connectivity index (χ1v) is 5.39. The molecule has 0 spiro atoms. The first-order chi connectivity index (χ1) is 6.27. The molecule has 0 N–H and O–H groups in total. The summed E-state index contributed by atoms with van der Waals surface area (Å²) in [4.78, 5) is 2.45. The molecule has 0 saturated carbocycles. The van der Waals surface area contributed by atoms with Crippen molar-refractivity contribution in [3.8, 4) is 0 Å². The van der Waals surface area contributed by atoms with Gasteiger partial charge in [0.05, 0.1) is 4.88 Å². The lowest BCUT2D eigenvalue weighted by Gasteiger charge is -2.14. The van der Waals surface area contributed by atoms with Crippen molar-refractivity contribution in [2.45, 2.75) is 27.1 Å². The molecule has 1 rings (SSSR count). The van der Waals surface area contributed by atoms with E-state index >= 15 is 0 Å². The Hall–Kier alpha value is -0.380. The third-order valence-electron chi connectivity index (χ3n) is 1.63. The Kier molecular flexibility index (Phi) is 4.42. The second-order valence-electron chi connectivity index (χ2n) is 2.69. The Balaban J connectivity index is 2.63. The largest absolute Gasteiger partial charge is 0.348 e. The van der Waals surface area contributed by atoms with Crippen molar-refractivity contribution in [1.29, 1.82) is 0 Å². The van der Waals surface area contributed by atoms with Crippen LogP contribution in [-0.4, -0.2) is 13.2 Å². The van der Waals surface area contributed by atoms with Gasteiger partial charge >= 0.3 is 0 Å². The van der Waals surface area contributed by atoms with Crippen molar-refractivity contribution in [3.05, 3.63) is 21.9 Å². The van der Waals surface area contributed by atoms with Crippen LogP contribution in [-0.2, 0) is 9.47 Å². The van der Waals surface area contributed by atoms with Gasteiger partial charge in [0, 0.05) is 18.1 Å². The molecule has 74 valence electrons. The van der Waals surface area contributed by atoms with E-state index in [1.165, 1.54) is 4.88 Å². The predicted octanol–water partition coefficient (Wildman–Crippen LogP) is 3.13. The summed E-state index contributed by atoms with van der Waals surface area (Å²) in [5.41, 5.74) is 0. The van der Waals surface area contributed by atoms with Gasteiger partial charge in [-0.3, -0.25) is 0 Å². The minimum atomic E-state index is -0.173. The second-order valence-corrected chi connectivity index (χ2v) is 4.01. The number of thiophene rings is 1. The Morgan fingerprint density at radius 1 is 1.23 bits per heavy atom. The lowest BCUT2D eigenvalue weighted by molar-refractivity contribution is -0.138. The maximum Gasteiger partial charge on any atom is 0.193 e. The van der Waals surface area contributed by atoms with Crippen LogP contribution in [0.5, 0.6) is 0 Å². The van der Waals surface area contributed by atoms with E-state index in [0.717, 1.165) is 4.88 Å². The molecule has 0 saturated heterocycles. The van der Waals surface area contributed by atoms with Gasteiger partial charge in [0.25, 0.3) is 0 Å². The molecule has 0 unspecified atom stereocenters. The molecule has 0 aliphatic rings. The fourth-order valence-electron chi connectivity index (χ4n) is 1.10. The quantitative estimate of drug-likeness (QED) is 0.680. The monoisotopic (exact) mass is 200 g/mol. The number of rotatable bonds is 5. The summed E-state index contributed by atoms with van der Waals surface area (Å²) >= 11 is 1.73. The fourth-order valence-corrected chi connectivity index (χ4v) is 1.97. The van der Waals surface area contributed by atoms with Gasteiger partial charge < -0.3 is 9.47 Å². The molecule has 1 aromatic heterocycles. The summed E-state index contributed by atoms with van der Waals surface area (Å²) < 4.78 is 10.9. The standard InChI is InChI=1S/C10H16O2S/c1-4-11-10(12-5-2)9-7-6-8(3)13-9/h6-7,10H,4-5H2,1-3H3. The minimum Gasteiger partial charge on any atom is -0.348 e. The SMILES string of the molecule is CCOC(OCC)c1ccc(C)s1. The first-order valence-electron chi connectivity index (χ1n) is 4.57. The fraction of sp³-hybridized carbons (Fsp3) is 0.600. The molecule has 0 fully saturated rings. The zero-order chi connectivity index (χ0) is 9.68. The van der Waals surface area contributed by atoms with Gasteiger partial charge in [0.1, 0.15) is 0 Å². The van der Waals surface area contributed by atoms with Gasteiger partial charge in [-0.05, 0) is 32.9 Å². The molecule has 1 aromatic rings. The van der Waals surface area contributed by atoms with Crippen LogP contribution in [0, 0.1) is 6.92 Å². The Bertz CT molecular complexity index is 239. The summed E-state index contributed by atoms with van der Waals surface area (Å²) in [6, 6.07) is 4.15. The van der Waals surface area contributed by atoms with Gasteiger partial charge in [-0.1, -0.05) is 0 Å². The number of hydrogen-bond donors (Lipinski definition) is 0. The molecule has 13 heavy (non-hydrogen) atoms. The van der Waals surface area contributed by atoms with Gasteiger partial charge in [0.15, 0.2) is 6.29 Å². The Morgan fingerprint density at radius 2 is 1.85 bits per heavy atom. The first kappa shape index (κ1) is 10.7. The predicted molar refractivity (Wildman–Crippen MR) is 55.0 cm³/mol. The van der Waals surface area contributed by atoms with Crippen molar-refractivity contribution in [1.82, 2.24) is 0 Å². The van der Waals surface area contributed by atoms with Crippen LogP contribution in [0.3, 0.4) is 0 Å². The normalized spacial score (nSPS) is 11.1. The third kappa shape index (κ3) is 3.10. The summed E-state index contributed by atoms with van der Waals surface area (Å²) in [5, 5.41) is 0. The van der Waals surface area contributed by atoms with E-state index in [0.29, 0.717) is 13.2 Å². The minimum absolute atomic E-state index is 0.173. The van der Waals surface area contributed by atoms with E-state index in [2.05, 4.69) is 19.1 Å². The molecule has 0 aliphatic carbocycles. The van der Waals surface area contributed by atoms with Crippen molar-refractivity contribution >= 4 is 11.3 Å². The summed E-state index contributed by atoms with van der Waals surface area (Å²) in [7, 11) is 0. The topological polar surface area (TPSA) is 18.5 Å². The van der Waals surface area contributed by atoms with Crippen molar-refractivity contribution < 1.29 is 9.47 Å². The van der Waals surface area contributed by atoms with Crippen molar-refractivity contribution in [3.63, 3.8) is 0 Å². The highest BCUT2D eigenvalue weighted by Crippen LogP contribution is 2.26. The van der Waals surface area contributed by atoms with Crippen LogP contribution in [0.15, 0.2) is 12.1 Å². The number of aryl methyl sites for hydroxylation is 1. The molecule has 2 nitrogen and oxygen atoms in total. The molecular weight excluding hydrogens is 184 g/mol. The van der Waals surface area contributed by atoms with Crippen LogP contribution < -0.4 is 0 Å². The smallest absolute Gasteiger partial charge is 0.193 e.